The zero-order valence-corrected chi connectivity index (χ0v) is 15.2. The molecule has 0 bridgehead atoms. The summed E-state index contributed by atoms with van der Waals surface area (Å²) in [5.74, 6) is 2.23. The Morgan fingerprint density at radius 2 is 1.58 bits per heavy atom. The first-order valence-corrected chi connectivity index (χ1v) is 8.31. The Labute approximate surface area is 151 Å². The number of ether oxygens (including phenoxy) is 3. The number of aryl methyl sites for hydroxylation is 1. The fourth-order valence-corrected chi connectivity index (χ4v) is 3.36. The fraction of sp³-hybridized carbons (Fsp3) is 0.190. The topological polar surface area (TPSA) is 45.5 Å². The average Bonchev–Trinajstić information content (AvgIpc) is 2.98. The van der Waals surface area contributed by atoms with Gasteiger partial charge in [0.15, 0.2) is 11.5 Å². The third-order valence-corrected chi connectivity index (χ3v) is 4.78. The molecule has 0 radical (unpaired) electrons. The predicted molar refractivity (Wildman–Crippen MR) is 103 cm³/mol. The molecule has 0 aliphatic carbocycles. The Balaban J connectivity index is 1.91. The van der Waals surface area contributed by atoms with Gasteiger partial charge < -0.3 is 18.8 Å². The van der Waals surface area contributed by atoms with E-state index in [0.29, 0.717) is 11.5 Å². The van der Waals surface area contributed by atoms with Gasteiger partial charge in [0.05, 0.1) is 32.5 Å². The molecule has 0 amide bonds. The van der Waals surface area contributed by atoms with Crippen LogP contribution in [0.1, 0.15) is 0 Å². The van der Waals surface area contributed by atoms with Crippen molar-refractivity contribution >= 4 is 21.8 Å². The van der Waals surface area contributed by atoms with Crippen molar-refractivity contribution in [3.8, 4) is 28.5 Å². The van der Waals surface area contributed by atoms with Crippen molar-refractivity contribution < 1.29 is 14.2 Å². The second-order valence-corrected chi connectivity index (χ2v) is 6.10. The summed E-state index contributed by atoms with van der Waals surface area (Å²) in [6.07, 6.45) is 1.92. The van der Waals surface area contributed by atoms with Crippen LogP contribution in [-0.2, 0) is 7.05 Å². The lowest BCUT2D eigenvalue weighted by Gasteiger charge is -2.09. The highest BCUT2D eigenvalue weighted by molar-refractivity contribution is 6.08. The number of hydrogen-bond acceptors (Lipinski definition) is 4. The number of pyridine rings is 1. The van der Waals surface area contributed by atoms with Crippen LogP contribution in [0.2, 0.25) is 0 Å². The molecule has 5 nitrogen and oxygen atoms in total. The third-order valence-electron chi connectivity index (χ3n) is 4.78. The minimum absolute atomic E-state index is 0.689. The van der Waals surface area contributed by atoms with E-state index >= 15 is 0 Å². The van der Waals surface area contributed by atoms with Gasteiger partial charge in [-0.25, -0.2) is 0 Å². The van der Waals surface area contributed by atoms with E-state index in [9.17, 15) is 0 Å². The standard InChI is InChI=1S/C21H20N2O3/c1-23-18-7-6-14(24-2)10-15(18)16-12-22-17(11-19(16)23)13-5-8-20(25-3)21(9-13)26-4/h5-12H,1-4H3. The molecule has 26 heavy (non-hydrogen) atoms. The molecule has 2 aromatic carbocycles. The zero-order valence-electron chi connectivity index (χ0n) is 15.2. The van der Waals surface area contributed by atoms with E-state index in [-0.39, 0.29) is 0 Å². The van der Waals surface area contributed by atoms with Gasteiger partial charge in [-0.15, -0.1) is 0 Å². The van der Waals surface area contributed by atoms with Crippen LogP contribution < -0.4 is 14.2 Å². The molecule has 4 rings (SSSR count). The van der Waals surface area contributed by atoms with E-state index in [1.54, 1.807) is 21.3 Å². The summed E-state index contributed by atoms with van der Waals surface area (Å²) in [6.45, 7) is 0. The van der Waals surface area contributed by atoms with Crippen LogP contribution in [0.4, 0.5) is 0 Å². The van der Waals surface area contributed by atoms with Gasteiger partial charge in [-0.05, 0) is 42.5 Å². The van der Waals surface area contributed by atoms with Crippen molar-refractivity contribution in [3.05, 3.63) is 48.7 Å². The van der Waals surface area contributed by atoms with Gasteiger partial charge in [0.2, 0.25) is 0 Å². The molecular weight excluding hydrogens is 328 g/mol. The van der Waals surface area contributed by atoms with Crippen LogP contribution in [0.25, 0.3) is 33.1 Å². The summed E-state index contributed by atoms with van der Waals surface area (Å²) in [5, 5.41) is 2.24. The second-order valence-electron chi connectivity index (χ2n) is 6.10. The maximum absolute atomic E-state index is 5.41. The fourth-order valence-electron chi connectivity index (χ4n) is 3.36. The summed E-state index contributed by atoms with van der Waals surface area (Å²) in [5.41, 5.74) is 4.13. The molecule has 0 aliphatic rings. The maximum atomic E-state index is 5.41. The van der Waals surface area contributed by atoms with E-state index in [1.165, 1.54) is 0 Å². The van der Waals surface area contributed by atoms with Crippen molar-refractivity contribution in [2.24, 2.45) is 7.05 Å². The van der Waals surface area contributed by atoms with Crippen molar-refractivity contribution in [2.75, 3.05) is 21.3 Å². The number of benzene rings is 2. The van der Waals surface area contributed by atoms with Gasteiger partial charge in [-0.1, -0.05) is 0 Å². The molecule has 2 aromatic heterocycles. The first-order chi connectivity index (χ1) is 12.7. The molecule has 0 fully saturated rings. The van der Waals surface area contributed by atoms with Crippen LogP contribution in [0.3, 0.4) is 0 Å². The summed E-state index contributed by atoms with van der Waals surface area (Å²) in [7, 11) is 7.01. The highest BCUT2D eigenvalue weighted by Crippen LogP contribution is 2.35. The Hall–Kier alpha value is -3.21. The van der Waals surface area contributed by atoms with E-state index in [2.05, 4.69) is 34.8 Å². The zero-order chi connectivity index (χ0) is 18.3. The van der Waals surface area contributed by atoms with Crippen LogP contribution >= 0.6 is 0 Å². The Morgan fingerprint density at radius 3 is 2.31 bits per heavy atom. The number of aromatic nitrogens is 2. The molecule has 0 N–H and O–H groups in total. The van der Waals surface area contributed by atoms with Gasteiger partial charge in [-0.3, -0.25) is 4.98 Å². The van der Waals surface area contributed by atoms with Crippen LogP contribution in [0.15, 0.2) is 48.7 Å². The molecule has 2 heterocycles. The van der Waals surface area contributed by atoms with Crippen LogP contribution in [0.5, 0.6) is 17.2 Å². The van der Waals surface area contributed by atoms with Crippen molar-refractivity contribution in [1.29, 1.82) is 0 Å². The van der Waals surface area contributed by atoms with Gasteiger partial charge in [-0.2, -0.15) is 0 Å². The molecule has 4 aromatic rings. The molecule has 132 valence electrons. The first-order valence-electron chi connectivity index (χ1n) is 8.31. The molecule has 0 saturated carbocycles. The number of nitrogens with zero attached hydrogens (tertiary/aromatic N) is 2. The molecule has 0 atom stereocenters. The normalized spacial score (nSPS) is 11.1. The minimum atomic E-state index is 0.689. The van der Waals surface area contributed by atoms with Gasteiger partial charge in [0, 0.05) is 35.1 Å². The molecular formula is C21H20N2O3. The quantitative estimate of drug-likeness (QED) is 0.548. The SMILES string of the molecule is COc1ccc2c(c1)c1cnc(-c3ccc(OC)c(OC)c3)cc1n2C. The lowest BCUT2D eigenvalue weighted by atomic mass is 10.1. The van der Waals surface area contributed by atoms with Crippen molar-refractivity contribution in [3.63, 3.8) is 0 Å². The number of methoxy groups -OCH3 is 3. The van der Waals surface area contributed by atoms with E-state index in [1.807, 2.05) is 30.5 Å². The Kier molecular flexibility index (Phi) is 3.92. The predicted octanol–water partition coefficient (Wildman–Crippen LogP) is 4.42. The third kappa shape index (κ3) is 2.44. The lowest BCUT2D eigenvalue weighted by molar-refractivity contribution is 0.355. The highest BCUT2D eigenvalue weighted by Gasteiger charge is 2.13. The first kappa shape index (κ1) is 16.3. The molecule has 5 heteroatoms. The summed E-state index contributed by atoms with van der Waals surface area (Å²) < 4.78 is 18.3. The Morgan fingerprint density at radius 1 is 0.769 bits per heavy atom. The molecule has 0 spiro atoms. The summed E-state index contributed by atoms with van der Waals surface area (Å²) >= 11 is 0. The van der Waals surface area contributed by atoms with Crippen LogP contribution in [0, 0.1) is 0 Å². The largest absolute Gasteiger partial charge is 0.497 e. The number of hydrogen-bond donors (Lipinski definition) is 0. The molecule has 0 saturated heterocycles. The van der Waals surface area contributed by atoms with E-state index < -0.39 is 0 Å². The molecule has 0 aliphatic heterocycles. The molecule has 0 unspecified atom stereocenters. The Bertz CT molecular complexity index is 1120. The van der Waals surface area contributed by atoms with Crippen molar-refractivity contribution in [2.45, 2.75) is 0 Å². The average molecular weight is 348 g/mol. The van der Waals surface area contributed by atoms with E-state index in [4.69, 9.17) is 14.2 Å². The lowest BCUT2D eigenvalue weighted by Crippen LogP contribution is -1.92. The number of rotatable bonds is 4. The second kappa shape index (κ2) is 6.26. The van der Waals surface area contributed by atoms with E-state index in [0.717, 1.165) is 38.8 Å². The van der Waals surface area contributed by atoms with Gasteiger partial charge >= 0.3 is 0 Å². The van der Waals surface area contributed by atoms with Gasteiger partial charge in [0.1, 0.15) is 5.75 Å². The van der Waals surface area contributed by atoms with Gasteiger partial charge in [0.25, 0.3) is 0 Å². The smallest absolute Gasteiger partial charge is 0.161 e. The summed E-state index contributed by atoms with van der Waals surface area (Å²) in [6, 6.07) is 14.0. The maximum Gasteiger partial charge on any atom is 0.161 e. The monoisotopic (exact) mass is 348 g/mol. The van der Waals surface area contributed by atoms with Crippen LogP contribution in [-0.4, -0.2) is 30.9 Å². The number of fused-ring (bicyclic) bond motifs is 3. The highest BCUT2D eigenvalue weighted by atomic mass is 16.5. The minimum Gasteiger partial charge on any atom is -0.497 e. The van der Waals surface area contributed by atoms with Crippen molar-refractivity contribution in [1.82, 2.24) is 9.55 Å². The summed E-state index contributed by atoms with van der Waals surface area (Å²) in [4.78, 5) is 4.68.